The number of anilines is 2. The number of carbonyl (C=O) groups excluding carboxylic acids is 1. The monoisotopic (exact) mass is 268 g/mol. The highest BCUT2D eigenvalue weighted by Gasteiger charge is 2.17. The van der Waals surface area contributed by atoms with E-state index in [0.717, 1.165) is 11.3 Å². The molecule has 104 valence electrons. The molecule has 2 aromatic rings. The summed E-state index contributed by atoms with van der Waals surface area (Å²) >= 11 is 0. The predicted molar refractivity (Wildman–Crippen MR) is 84.1 cm³/mol. The van der Waals surface area contributed by atoms with Crippen LogP contribution in [0.1, 0.15) is 28.4 Å². The van der Waals surface area contributed by atoms with Gasteiger partial charge in [0.1, 0.15) is 0 Å². The molecule has 0 aliphatic heterocycles. The second-order valence-electron chi connectivity index (χ2n) is 4.96. The Labute approximate surface area is 120 Å². The van der Waals surface area contributed by atoms with Crippen LogP contribution in [0.2, 0.25) is 0 Å². The molecule has 0 saturated heterocycles. The Morgan fingerprint density at radius 3 is 2.30 bits per heavy atom. The fourth-order valence-electron chi connectivity index (χ4n) is 2.24. The van der Waals surface area contributed by atoms with Crippen LogP contribution in [0.25, 0.3) is 0 Å². The standard InChI is InChI=1S/C17H20N2O/c1-4-19(15-8-5-12(2)6-9-15)17(20)16-10-7-14(18)11-13(16)3/h5-11H,4,18H2,1-3H3. The highest BCUT2D eigenvalue weighted by atomic mass is 16.2. The molecule has 3 nitrogen and oxygen atoms in total. The van der Waals surface area contributed by atoms with E-state index >= 15 is 0 Å². The van der Waals surface area contributed by atoms with E-state index in [9.17, 15) is 4.79 Å². The van der Waals surface area contributed by atoms with Crippen LogP contribution in [0.3, 0.4) is 0 Å². The molecule has 0 aliphatic rings. The molecule has 2 N–H and O–H groups in total. The van der Waals surface area contributed by atoms with Crippen LogP contribution < -0.4 is 10.6 Å². The minimum atomic E-state index is 0.00820. The molecule has 20 heavy (non-hydrogen) atoms. The van der Waals surface area contributed by atoms with Crippen molar-refractivity contribution in [3.63, 3.8) is 0 Å². The van der Waals surface area contributed by atoms with Gasteiger partial charge in [0.15, 0.2) is 0 Å². The maximum atomic E-state index is 12.7. The van der Waals surface area contributed by atoms with Crippen molar-refractivity contribution in [2.24, 2.45) is 0 Å². The summed E-state index contributed by atoms with van der Waals surface area (Å²) in [6.07, 6.45) is 0. The van der Waals surface area contributed by atoms with E-state index < -0.39 is 0 Å². The van der Waals surface area contributed by atoms with Gasteiger partial charge in [0.2, 0.25) is 0 Å². The zero-order valence-electron chi connectivity index (χ0n) is 12.2. The van der Waals surface area contributed by atoms with Crippen LogP contribution >= 0.6 is 0 Å². The number of aryl methyl sites for hydroxylation is 2. The molecular weight excluding hydrogens is 248 g/mol. The summed E-state index contributed by atoms with van der Waals surface area (Å²) in [4.78, 5) is 14.5. The van der Waals surface area contributed by atoms with Gasteiger partial charge in [0, 0.05) is 23.5 Å². The zero-order valence-corrected chi connectivity index (χ0v) is 12.2. The number of nitrogens with zero attached hydrogens (tertiary/aromatic N) is 1. The van der Waals surface area contributed by atoms with Crippen molar-refractivity contribution in [2.45, 2.75) is 20.8 Å². The van der Waals surface area contributed by atoms with E-state index in [-0.39, 0.29) is 5.91 Å². The number of rotatable bonds is 3. The second-order valence-corrected chi connectivity index (χ2v) is 4.96. The summed E-state index contributed by atoms with van der Waals surface area (Å²) in [7, 11) is 0. The van der Waals surface area contributed by atoms with Crippen molar-refractivity contribution in [1.82, 2.24) is 0 Å². The lowest BCUT2D eigenvalue weighted by Crippen LogP contribution is -2.31. The van der Waals surface area contributed by atoms with Crippen LogP contribution in [0, 0.1) is 13.8 Å². The van der Waals surface area contributed by atoms with Gasteiger partial charge in [-0.2, -0.15) is 0 Å². The summed E-state index contributed by atoms with van der Waals surface area (Å²) in [5, 5.41) is 0. The molecule has 0 bridgehead atoms. The number of hydrogen-bond acceptors (Lipinski definition) is 2. The van der Waals surface area contributed by atoms with Gasteiger partial charge in [-0.25, -0.2) is 0 Å². The average Bonchev–Trinajstić information content (AvgIpc) is 2.41. The van der Waals surface area contributed by atoms with Crippen LogP contribution in [-0.2, 0) is 0 Å². The number of nitrogen functional groups attached to an aromatic ring is 1. The van der Waals surface area contributed by atoms with Gasteiger partial charge in [-0.15, -0.1) is 0 Å². The summed E-state index contributed by atoms with van der Waals surface area (Å²) in [6.45, 7) is 6.55. The predicted octanol–water partition coefficient (Wildman–Crippen LogP) is 3.55. The first-order chi connectivity index (χ1) is 9.52. The molecule has 0 heterocycles. The maximum Gasteiger partial charge on any atom is 0.258 e. The van der Waals surface area contributed by atoms with E-state index in [1.807, 2.05) is 51.1 Å². The minimum Gasteiger partial charge on any atom is -0.399 e. The Morgan fingerprint density at radius 2 is 1.75 bits per heavy atom. The van der Waals surface area contributed by atoms with Gasteiger partial charge in [-0.05, 0) is 56.7 Å². The molecule has 0 saturated carbocycles. The Morgan fingerprint density at radius 1 is 1.10 bits per heavy atom. The third-order valence-corrected chi connectivity index (χ3v) is 3.39. The molecule has 0 aliphatic carbocycles. The van der Waals surface area contributed by atoms with Gasteiger partial charge in [-0.3, -0.25) is 4.79 Å². The normalized spacial score (nSPS) is 10.3. The second kappa shape index (κ2) is 5.78. The molecule has 2 aromatic carbocycles. The fraction of sp³-hybridized carbons (Fsp3) is 0.235. The van der Waals surface area contributed by atoms with Gasteiger partial charge >= 0.3 is 0 Å². The number of hydrogen-bond donors (Lipinski definition) is 1. The summed E-state index contributed by atoms with van der Waals surface area (Å²) in [6, 6.07) is 13.4. The summed E-state index contributed by atoms with van der Waals surface area (Å²) in [5.41, 5.74) is 10.1. The molecular formula is C17H20N2O. The number of amides is 1. The van der Waals surface area contributed by atoms with Crippen molar-refractivity contribution < 1.29 is 4.79 Å². The molecule has 0 aromatic heterocycles. The quantitative estimate of drug-likeness (QED) is 0.865. The van der Waals surface area contributed by atoms with E-state index in [4.69, 9.17) is 5.73 Å². The number of carbonyl (C=O) groups is 1. The van der Waals surface area contributed by atoms with E-state index in [1.54, 1.807) is 17.0 Å². The van der Waals surface area contributed by atoms with Gasteiger partial charge in [-0.1, -0.05) is 17.7 Å². The average molecular weight is 268 g/mol. The molecule has 0 spiro atoms. The van der Waals surface area contributed by atoms with Gasteiger partial charge in [0.25, 0.3) is 5.91 Å². The van der Waals surface area contributed by atoms with Crippen LogP contribution in [0.5, 0.6) is 0 Å². The first kappa shape index (κ1) is 14.1. The minimum absolute atomic E-state index is 0.00820. The molecule has 3 heteroatoms. The number of nitrogens with two attached hydrogens (primary N) is 1. The highest BCUT2D eigenvalue weighted by molar-refractivity contribution is 6.07. The maximum absolute atomic E-state index is 12.7. The Bertz CT molecular complexity index is 617. The largest absolute Gasteiger partial charge is 0.399 e. The molecule has 0 radical (unpaired) electrons. The smallest absolute Gasteiger partial charge is 0.258 e. The first-order valence-electron chi connectivity index (χ1n) is 6.77. The SMILES string of the molecule is CCN(C(=O)c1ccc(N)cc1C)c1ccc(C)cc1. The lowest BCUT2D eigenvalue weighted by atomic mass is 10.1. The topological polar surface area (TPSA) is 46.3 Å². The fourth-order valence-corrected chi connectivity index (χ4v) is 2.24. The molecule has 0 atom stereocenters. The van der Waals surface area contributed by atoms with E-state index in [1.165, 1.54) is 5.56 Å². The first-order valence-corrected chi connectivity index (χ1v) is 6.77. The third kappa shape index (κ3) is 2.82. The van der Waals surface area contributed by atoms with Gasteiger partial charge < -0.3 is 10.6 Å². The van der Waals surface area contributed by atoms with Crippen molar-refractivity contribution in [3.8, 4) is 0 Å². The van der Waals surface area contributed by atoms with Crippen molar-refractivity contribution >= 4 is 17.3 Å². The third-order valence-electron chi connectivity index (χ3n) is 3.39. The molecule has 2 rings (SSSR count). The summed E-state index contributed by atoms with van der Waals surface area (Å²) in [5.74, 6) is 0.00820. The van der Waals surface area contributed by atoms with Crippen molar-refractivity contribution in [2.75, 3.05) is 17.2 Å². The van der Waals surface area contributed by atoms with Crippen LogP contribution in [0.4, 0.5) is 11.4 Å². The molecule has 0 fully saturated rings. The van der Waals surface area contributed by atoms with Crippen LogP contribution in [-0.4, -0.2) is 12.5 Å². The van der Waals surface area contributed by atoms with Gasteiger partial charge in [0.05, 0.1) is 0 Å². The van der Waals surface area contributed by atoms with Crippen molar-refractivity contribution in [3.05, 3.63) is 59.2 Å². The Hall–Kier alpha value is -2.29. The summed E-state index contributed by atoms with van der Waals surface area (Å²) < 4.78 is 0. The zero-order chi connectivity index (χ0) is 14.7. The highest BCUT2D eigenvalue weighted by Crippen LogP contribution is 2.20. The van der Waals surface area contributed by atoms with E-state index in [2.05, 4.69) is 0 Å². The van der Waals surface area contributed by atoms with Crippen LogP contribution in [0.15, 0.2) is 42.5 Å². The Kier molecular flexibility index (Phi) is 4.08. The lowest BCUT2D eigenvalue weighted by molar-refractivity contribution is 0.0988. The lowest BCUT2D eigenvalue weighted by Gasteiger charge is -2.22. The molecule has 1 amide bonds. The number of benzene rings is 2. The van der Waals surface area contributed by atoms with E-state index in [0.29, 0.717) is 17.8 Å². The Balaban J connectivity index is 2.36. The van der Waals surface area contributed by atoms with Crippen molar-refractivity contribution in [1.29, 1.82) is 0 Å². The molecule has 0 unspecified atom stereocenters.